The third-order valence-corrected chi connectivity index (χ3v) is 3.17. The van der Waals surface area contributed by atoms with Crippen molar-refractivity contribution in [2.45, 2.75) is 0 Å². The highest BCUT2D eigenvalue weighted by Crippen LogP contribution is 2.32. The number of nitrogens with zero attached hydrogens (tertiary/aromatic N) is 2. The van der Waals surface area contributed by atoms with Gasteiger partial charge in [0.2, 0.25) is 5.90 Å². The smallest absolute Gasteiger partial charge is 0.215 e. The number of thiazole rings is 1. The molecule has 17 heavy (non-hydrogen) atoms. The second-order valence-electron chi connectivity index (χ2n) is 3.31. The van der Waals surface area contributed by atoms with Crippen LogP contribution in [-0.4, -0.2) is 32.1 Å². The first kappa shape index (κ1) is 11.7. The normalized spacial score (nSPS) is 11.8. The molecule has 6 heteroatoms. The lowest BCUT2D eigenvalue weighted by atomic mass is 10.2. The molecule has 0 saturated heterocycles. The summed E-state index contributed by atoms with van der Waals surface area (Å²) in [4.78, 5) is 8.28. The van der Waals surface area contributed by atoms with Gasteiger partial charge in [-0.15, -0.1) is 0 Å². The van der Waals surface area contributed by atoms with Gasteiger partial charge in [0, 0.05) is 12.6 Å². The molecular weight excluding hydrogens is 238 g/mol. The predicted molar refractivity (Wildman–Crippen MR) is 70.1 cm³/mol. The molecule has 2 rings (SSSR count). The van der Waals surface area contributed by atoms with E-state index in [1.165, 1.54) is 11.3 Å². The van der Waals surface area contributed by atoms with Gasteiger partial charge in [0.15, 0.2) is 5.13 Å². The highest BCUT2D eigenvalue weighted by Gasteiger charge is 2.12. The summed E-state index contributed by atoms with van der Waals surface area (Å²) in [7, 11) is 4.86. The van der Waals surface area contributed by atoms with E-state index in [0.29, 0.717) is 16.8 Å². The molecule has 0 aliphatic heterocycles. The summed E-state index contributed by atoms with van der Waals surface area (Å²) in [6.45, 7) is 0. The lowest BCUT2D eigenvalue weighted by Crippen LogP contribution is -2.03. The van der Waals surface area contributed by atoms with Crippen LogP contribution in [0.4, 0.5) is 5.13 Å². The van der Waals surface area contributed by atoms with E-state index < -0.39 is 0 Å². The van der Waals surface area contributed by atoms with Crippen LogP contribution < -0.4 is 10.5 Å². The molecule has 0 bridgehead atoms. The van der Waals surface area contributed by atoms with Crippen molar-refractivity contribution >= 4 is 32.6 Å². The summed E-state index contributed by atoms with van der Waals surface area (Å²) in [6.07, 6.45) is 0. The molecule has 2 N–H and O–H groups in total. The minimum atomic E-state index is 0.517. The SMILES string of the molecule is CN=C(OC)c1cc(OC)c2nc(N)sc2c1. The minimum Gasteiger partial charge on any atom is -0.494 e. The Hall–Kier alpha value is -1.82. The lowest BCUT2D eigenvalue weighted by Gasteiger charge is -2.07. The summed E-state index contributed by atoms with van der Waals surface area (Å²) >= 11 is 1.41. The quantitative estimate of drug-likeness (QED) is 0.654. The van der Waals surface area contributed by atoms with E-state index in [1.807, 2.05) is 12.1 Å². The third kappa shape index (κ3) is 2.03. The van der Waals surface area contributed by atoms with E-state index in [4.69, 9.17) is 15.2 Å². The molecule has 0 aliphatic carbocycles. The lowest BCUT2D eigenvalue weighted by molar-refractivity contribution is 0.402. The number of benzene rings is 1. The fourth-order valence-corrected chi connectivity index (χ4v) is 2.42. The molecule has 0 unspecified atom stereocenters. The van der Waals surface area contributed by atoms with Gasteiger partial charge in [-0.25, -0.2) is 4.98 Å². The molecule has 90 valence electrons. The van der Waals surface area contributed by atoms with Crippen molar-refractivity contribution in [3.05, 3.63) is 17.7 Å². The van der Waals surface area contributed by atoms with Gasteiger partial charge in [-0.3, -0.25) is 4.99 Å². The molecule has 1 aromatic heterocycles. The van der Waals surface area contributed by atoms with Gasteiger partial charge < -0.3 is 15.2 Å². The number of methoxy groups -OCH3 is 2. The van der Waals surface area contributed by atoms with Crippen LogP contribution in [0.5, 0.6) is 5.75 Å². The summed E-state index contributed by atoms with van der Waals surface area (Å²) < 4.78 is 11.4. The number of anilines is 1. The van der Waals surface area contributed by atoms with Gasteiger partial charge in [0.1, 0.15) is 11.3 Å². The standard InChI is InChI=1S/C11H13N3O2S/c1-13-10(16-3)6-4-7(15-2)9-8(5-6)17-11(12)14-9/h4-5H,1-3H3,(H2,12,14). The molecule has 0 radical (unpaired) electrons. The molecule has 2 aromatic rings. The number of nitrogen functional groups attached to an aromatic ring is 1. The monoisotopic (exact) mass is 251 g/mol. The number of aromatic nitrogens is 1. The highest BCUT2D eigenvalue weighted by molar-refractivity contribution is 7.22. The fraction of sp³-hybridized carbons (Fsp3) is 0.273. The zero-order chi connectivity index (χ0) is 12.4. The topological polar surface area (TPSA) is 69.7 Å². The van der Waals surface area contributed by atoms with Crippen molar-refractivity contribution in [1.82, 2.24) is 4.98 Å². The van der Waals surface area contributed by atoms with Gasteiger partial charge in [-0.1, -0.05) is 11.3 Å². The summed E-state index contributed by atoms with van der Waals surface area (Å²) in [6, 6.07) is 3.78. The summed E-state index contributed by atoms with van der Waals surface area (Å²) in [5.41, 5.74) is 7.31. The van der Waals surface area contributed by atoms with Crippen LogP contribution in [0.1, 0.15) is 5.56 Å². The third-order valence-electron chi connectivity index (χ3n) is 2.34. The summed E-state index contributed by atoms with van der Waals surface area (Å²) in [5, 5.41) is 0.517. The Morgan fingerprint density at radius 1 is 1.41 bits per heavy atom. The first-order chi connectivity index (χ1) is 8.19. The van der Waals surface area contributed by atoms with Gasteiger partial charge >= 0.3 is 0 Å². The number of fused-ring (bicyclic) bond motifs is 1. The molecule has 5 nitrogen and oxygen atoms in total. The van der Waals surface area contributed by atoms with Crippen LogP contribution in [0.3, 0.4) is 0 Å². The van der Waals surface area contributed by atoms with Crippen LogP contribution in [0.2, 0.25) is 0 Å². The van der Waals surface area contributed by atoms with E-state index in [9.17, 15) is 0 Å². The molecule has 1 aromatic carbocycles. The first-order valence-corrected chi connectivity index (χ1v) is 5.76. The zero-order valence-electron chi connectivity index (χ0n) is 9.85. The van der Waals surface area contributed by atoms with Crippen LogP contribution >= 0.6 is 11.3 Å². The Bertz CT molecular complexity index is 577. The van der Waals surface area contributed by atoms with E-state index in [1.54, 1.807) is 21.3 Å². The molecule has 0 saturated carbocycles. The fourth-order valence-electron chi connectivity index (χ4n) is 1.63. The largest absolute Gasteiger partial charge is 0.494 e. The maximum absolute atomic E-state index is 5.70. The second kappa shape index (κ2) is 4.58. The van der Waals surface area contributed by atoms with Gasteiger partial charge in [-0.2, -0.15) is 0 Å². The second-order valence-corrected chi connectivity index (χ2v) is 4.37. The van der Waals surface area contributed by atoms with E-state index in [2.05, 4.69) is 9.98 Å². The Kier molecular flexibility index (Phi) is 3.14. The predicted octanol–water partition coefficient (Wildman–Crippen LogP) is 1.91. The van der Waals surface area contributed by atoms with E-state index in [0.717, 1.165) is 15.8 Å². The molecular formula is C11H13N3O2S. The minimum absolute atomic E-state index is 0.517. The number of aliphatic imine (C=N–C) groups is 1. The van der Waals surface area contributed by atoms with E-state index >= 15 is 0 Å². The Balaban J connectivity index is 2.67. The Morgan fingerprint density at radius 3 is 2.76 bits per heavy atom. The number of hydrogen-bond acceptors (Lipinski definition) is 6. The number of nitrogens with two attached hydrogens (primary N) is 1. The Morgan fingerprint density at radius 2 is 2.18 bits per heavy atom. The number of rotatable bonds is 2. The van der Waals surface area contributed by atoms with Gasteiger partial charge in [-0.05, 0) is 12.1 Å². The average molecular weight is 251 g/mol. The van der Waals surface area contributed by atoms with Crippen molar-refractivity contribution in [3.63, 3.8) is 0 Å². The Labute approximate surface area is 103 Å². The molecule has 0 aliphatic rings. The van der Waals surface area contributed by atoms with Crippen LogP contribution in [-0.2, 0) is 4.74 Å². The average Bonchev–Trinajstić information content (AvgIpc) is 2.70. The highest BCUT2D eigenvalue weighted by atomic mass is 32.1. The molecule has 0 amide bonds. The van der Waals surface area contributed by atoms with Gasteiger partial charge in [0.05, 0.1) is 18.9 Å². The van der Waals surface area contributed by atoms with Crippen molar-refractivity contribution < 1.29 is 9.47 Å². The molecule has 0 atom stereocenters. The maximum atomic E-state index is 5.70. The number of hydrogen-bond donors (Lipinski definition) is 1. The van der Waals surface area contributed by atoms with Crippen LogP contribution in [0, 0.1) is 0 Å². The van der Waals surface area contributed by atoms with E-state index in [-0.39, 0.29) is 0 Å². The van der Waals surface area contributed by atoms with Crippen LogP contribution in [0.25, 0.3) is 10.2 Å². The first-order valence-electron chi connectivity index (χ1n) is 4.94. The molecule has 0 fully saturated rings. The molecule has 0 spiro atoms. The van der Waals surface area contributed by atoms with Crippen molar-refractivity contribution in [1.29, 1.82) is 0 Å². The van der Waals surface area contributed by atoms with Gasteiger partial charge in [0.25, 0.3) is 0 Å². The van der Waals surface area contributed by atoms with Crippen molar-refractivity contribution in [2.24, 2.45) is 4.99 Å². The van der Waals surface area contributed by atoms with Crippen molar-refractivity contribution in [2.75, 3.05) is 27.0 Å². The van der Waals surface area contributed by atoms with Crippen LogP contribution in [0.15, 0.2) is 17.1 Å². The summed E-state index contributed by atoms with van der Waals surface area (Å²) in [5.74, 6) is 1.22. The maximum Gasteiger partial charge on any atom is 0.215 e. The number of ether oxygens (including phenoxy) is 2. The zero-order valence-corrected chi connectivity index (χ0v) is 10.7. The van der Waals surface area contributed by atoms with Crippen molar-refractivity contribution in [3.8, 4) is 5.75 Å². The molecule has 1 heterocycles.